The van der Waals surface area contributed by atoms with Crippen molar-refractivity contribution in [1.29, 1.82) is 0 Å². The number of thiophene rings is 1. The van der Waals surface area contributed by atoms with Crippen LogP contribution in [0.15, 0.2) is 42.5 Å². The van der Waals surface area contributed by atoms with Crippen LogP contribution in [0.4, 0.5) is 0 Å². The molecule has 90 valence electrons. The van der Waals surface area contributed by atoms with Crippen LogP contribution in [-0.4, -0.2) is 12.3 Å². The molecule has 2 N–H and O–H groups in total. The molecule has 0 unspecified atom stereocenters. The molecule has 0 radical (unpaired) electrons. The minimum atomic E-state index is 0. The van der Waals surface area contributed by atoms with E-state index in [0.717, 1.165) is 16.9 Å². The second-order valence-corrected chi connectivity index (χ2v) is 4.67. The molecule has 0 fully saturated rings. The topological polar surface area (TPSA) is 43.1 Å². The number of hydrogen-bond donors (Lipinski definition) is 1. The highest BCUT2D eigenvalue weighted by Gasteiger charge is 2.10. The number of hydrogen-bond acceptors (Lipinski definition) is 3. The smallest absolute Gasteiger partial charge is 0.202 e. The molecule has 0 aliphatic rings. The first kappa shape index (κ1) is 14.1. The predicted molar refractivity (Wildman–Crippen MR) is 77.3 cm³/mol. The first-order valence-electron chi connectivity index (χ1n) is 5.20. The average molecular weight is 312 g/mol. The maximum Gasteiger partial charge on any atom is 0.202 e. The van der Waals surface area contributed by atoms with Gasteiger partial charge in [0.2, 0.25) is 5.78 Å². The number of ketones is 1. The molecule has 0 aliphatic carbocycles. The lowest BCUT2D eigenvalue weighted by Gasteiger charge is -1.96. The van der Waals surface area contributed by atoms with E-state index in [0.29, 0.717) is 6.54 Å². The molecular formula is C13H14BrNOS. The van der Waals surface area contributed by atoms with E-state index < -0.39 is 0 Å². The van der Waals surface area contributed by atoms with Gasteiger partial charge in [-0.25, -0.2) is 0 Å². The number of benzene rings is 1. The van der Waals surface area contributed by atoms with Crippen LogP contribution in [-0.2, 0) is 6.42 Å². The summed E-state index contributed by atoms with van der Waals surface area (Å²) in [7, 11) is 0. The molecule has 0 atom stereocenters. The summed E-state index contributed by atoms with van der Waals surface area (Å²) in [4.78, 5) is 14.0. The molecule has 0 bridgehead atoms. The van der Waals surface area contributed by atoms with Gasteiger partial charge in [-0.2, -0.15) is 0 Å². The summed E-state index contributed by atoms with van der Waals surface area (Å²) in [6.07, 6.45) is 0.840. The van der Waals surface area contributed by atoms with E-state index in [4.69, 9.17) is 5.73 Å². The minimum Gasteiger partial charge on any atom is -0.330 e. The highest BCUT2D eigenvalue weighted by atomic mass is 79.9. The minimum absolute atomic E-state index is 0. The number of halogens is 1. The first-order valence-corrected chi connectivity index (χ1v) is 6.01. The Kier molecular flexibility index (Phi) is 5.55. The highest BCUT2D eigenvalue weighted by molar-refractivity contribution is 8.93. The lowest BCUT2D eigenvalue weighted by molar-refractivity contribution is 0.104. The molecular weight excluding hydrogens is 298 g/mol. The number of rotatable bonds is 4. The Morgan fingerprint density at radius 1 is 1.12 bits per heavy atom. The molecule has 0 spiro atoms. The van der Waals surface area contributed by atoms with Crippen molar-refractivity contribution in [1.82, 2.24) is 0 Å². The molecule has 0 saturated carbocycles. The molecule has 0 saturated heterocycles. The summed E-state index contributed by atoms with van der Waals surface area (Å²) < 4.78 is 0. The number of carbonyl (C=O) groups is 1. The SMILES string of the molecule is Br.NCCc1ccc(C(=O)c2ccccc2)s1. The Morgan fingerprint density at radius 2 is 1.82 bits per heavy atom. The van der Waals surface area contributed by atoms with Crippen LogP contribution in [0.3, 0.4) is 0 Å². The maximum atomic E-state index is 12.0. The summed E-state index contributed by atoms with van der Waals surface area (Å²) in [5, 5.41) is 0. The van der Waals surface area contributed by atoms with Gasteiger partial charge in [0, 0.05) is 10.4 Å². The van der Waals surface area contributed by atoms with Crippen molar-refractivity contribution in [3.05, 3.63) is 57.8 Å². The van der Waals surface area contributed by atoms with E-state index in [1.165, 1.54) is 16.2 Å². The Hall–Kier alpha value is -0.970. The van der Waals surface area contributed by atoms with E-state index in [9.17, 15) is 4.79 Å². The largest absolute Gasteiger partial charge is 0.330 e. The third-order valence-corrected chi connectivity index (χ3v) is 3.46. The van der Waals surface area contributed by atoms with Crippen molar-refractivity contribution in [2.75, 3.05) is 6.54 Å². The van der Waals surface area contributed by atoms with Crippen LogP contribution in [0.5, 0.6) is 0 Å². The van der Waals surface area contributed by atoms with Gasteiger partial charge in [-0.05, 0) is 25.1 Å². The van der Waals surface area contributed by atoms with Crippen molar-refractivity contribution in [2.45, 2.75) is 6.42 Å². The summed E-state index contributed by atoms with van der Waals surface area (Å²) in [6, 6.07) is 13.2. The standard InChI is InChI=1S/C13H13NOS.BrH/c14-9-8-11-6-7-12(16-11)13(15)10-4-2-1-3-5-10;/h1-7H,8-9,14H2;1H. The first-order chi connectivity index (χ1) is 7.81. The van der Waals surface area contributed by atoms with Crippen LogP contribution >= 0.6 is 28.3 Å². The summed E-state index contributed by atoms with van der Waals surface area (Å²) in [5.74, 6) is 0.0915. The van der Waals surface area contributed by atoms with Gasteiger partial charge in [0.15, 0.2) is 0 Å². The molecule has 1 aromatic carbocycles. The van der Waals surface area contributed by atoms with Crippen molar-refractivity contribution in [3.63, 3.8) is 0 Å². The fourth-order valence-corrected chi connectivity index (χ4v) is 2.49. The normalized spacial score (nSPS) is 9.71. The predicted octanol–water partition coefficient (Wildman–Crippen LogP) is 3.06. The lowest BCUT2D eigenvalue weighted by atomic mass is 10.1. The van der Waals surface area contributed by atoms with Crippen LogP contribution in [0, 0.1) is 0 Å². The van der Waals surface area contributed by atoms with Crippen LogP contribution in [0.1, 0.15) is 20.1 Å². The fraction of sp³-hybridized carbons (Fsp3) is 0.154. The summed E-state index contributed by atoms with van der Waals surface area (Å²) in [5.41, 5.74) is 6.22. The Labute approximate surface area is 115 Å². The van der Waals surface area contributed by atoms with Gasteiger partial charge in [-0.15, -0.1) is 28.3 Å². The Balaban J connectivity index is 0.00000144. The van der Waals surface area contributed by atoms with E-state index in [2.05, 4.69) is 0 Å². The van der Waals surface area contributed by atoms with E-state index in [1.807, 2.05) is 42.5 Å². The summed E-state index contributed by atoms with van der Waals surface area (Å²) in [6.45, 7) is 0.624. The molecule has 2 aromatic rings. The highest BCUT2D eigenvalue weighted by Crippen LogP contribution is 2.20. The van der Waals surface area contributed by atoms with Gasteiger partial charge in [0.25, 0.3) is 0 Å². The van der Waals surface area contributed by atoms with Crippen molar-refractivity contribution in [2.24, 2.45) is 5.73 Å². The zero-order valence-corrected chi connectivity index (χ0v) is 11.8. The maximum absolute atomic E-state index is 12.0. The van der Waals surface area contributed by atoms with Gasteiger partial charge in [-0.3, -0.25) is 4.79 Å². The average Bonchev–Trinajstić information content (AvgIpc) is 2.78. The fourth-order valence-electron chi connectivity index (χ4n) is 1.51. The quantitative estimate of drug-likeness (QED) is 0.882. The molecule has 17 heavy (non-hydrogen) atoms. The number of nitrogens with two attached hydrogens (primary N) is 1. The molecule has 4 heteroatoms. The van der Waals surface area contributed by atoms with Crippen LogP contribution in [0.2, 0.25) is 0 Å². The molecule has 0 amide bonds. The van der Waals surface area contributed by atoms with E-state index in [-0.39, 0.29) is 22.8 Å². The van der Waals surface area contributed by atoms with Gasteiger partial charge < -0.3 is 5.73 Å². The van der Waals surface area contributed by atoms with Crippen LogP contribution < -0.4 is 5.73 Å². The van der Waals surface area contributed by atoms with Crippen LogP contribution in [0.25, 0.3) is 0 Å². The molecule has 1 heterocycles. The second kappa shape index (κ2) is 6.69. The van der Waals surface area contributed by atoms with Gasteiger partial charge >= 0.3 is 0 Å². The third-order valence-electron chi connectivity index (χ3n) is 2.31. The van der Waals surface area contributed by atoms with Crippen molar-refractivity contribution in [3.8, 4) is 0 Å². The van der Waals surface area contributed by atoms with Gasteiger partial charge in [0.1, 0.15) is 0 Å². The monoisotopic (exact) mass is 311 g/mol. The van der Waals surface area contributed by atoms with Gasteiger partial charge in [-0.1, -0.05) is 30.3 Å². The Morgan fingerprint density at radius 3 is 2.47 bits per heavy atom. The zero-order chi connectivity index (χ0) is 11.4. The molecule has 2 rings (SSSR count). The van der Waals surface area contributed by atoms with E-state index in [1.54, 1.807) is 0 Å². The number of carbonyl (C=O) groups excluding carboxylic acids is 1. The molecule has 0 aliphatic heterocycles. The third kappa shape index (κ3) is 3.49. The Bertz CT molecular complexity index is 481. The summed E-state index contributed by atoms with van der Waals surface area (Å²) >= 11 is 1.53. The zero-order valence-electron chi connectivity index (χ0n) is 9.26. The second-order valence-electron chi connectivity index (χ2n) is 3.50. The van der Waals surface area contributed by atoms with Crippen molar-refractivity contribution < 1.29 is 4.79 Å². The molecule has 1 aromatic heterocycles. The molecule has 2 nitrogen and oxygen atoms in total. The van der Waals surface area contributed by atoms with Gasteiger partial charge in [0.05, 0.1) is 4.88 Å². The lowest BCUT2D eigenvalue weighted by Crippen LogP contribution is -2.00. The van der Waals surface area contributed by atoms with E-state index >= 15 is 0 Å². The van der Waals surface area contributed by atoms with Crippen molar-refractivity contribution >= 4 is 34.1 Å².